The van der Waals surface area contributed by atoms with Gasteiger partial charge in [-0.05, 0) is 12.0 Å². The molecule has 0 spiro atoms. The number of hydrogen-bond acceptors (Lipinski definition) is 4. The van der Waals surface area contributed by atoms with Crippen LogP contribution in [-0.2, 0) is 26.4 Å². The van der Waals surface area contributed by atoms with E-state index in [1.54, 1.807) is 0 Å². The lowest BCUT2D eigenvalue weighted by atomic mass is 10.2. The fraction of sp³-hybridized carbons (Fsp3) is 0.417. The Balaban J connectivity index is 2.43. The van der Waals surface area contributed by atoms with Gasteiger partial charge in [-0.2, -0.15) is 8.42 Å². The molecule has 0 aromatic heterocycles. The lowest BCUT2D eigenvalue weighted by Crippen LogP contribution is -2.30. The quantitative estimate of drug-likeness (QED) is 0.602. The molecule has 0 aliphatic carbocycles. The van der Waals surface area contributed by atoms with Crippen LogP contribution in [0, 0.1) is 0 Å². The maximum Gasteiger partial charge on any atom is 0.264 e. The highest BCUT2D eigenvalue weighted by atomic mass is 32.2. The van der Waals surface area contributed by atoms with Crippen LogP contribution in [0.25, 0.3) is 0 Å². The Morgan fingerprint density at radius 1 is 1.32 bits per heavy atom. The fourth-order valence-corrected chi connectivity index (χ4v) is 1.92. The molecule has 7 heteroatoms. The predicted molar refractivity (Wildman–Crippen MR) is 69.7 cm³/mol. The van der Waals surface area contributed by atoms with Crippen LogP contribution >= 0.6 is 0 Å². The van der Waals surface area contributed by atoms with Crippen molar-refractivity contribution in [3.63, 3.8) is 0 Å². The normalized spacial score (nSPS) is 11.3. The number of carbonyl (C=O) groups is 1. The molecule has 0 unspecified atom stereocenters. The number of amides is 1. The van der Waals surface area contributed by atoms with Crippen LogP contribution < -0.4 is 0 Å². The Labute approximate surface area is 112 Å². The molecule has 106 valence electrons. The van der Waals surface area contributed by atoms with Gasteiger partial charge in [0.15, 0.2) is 0 Å². The highest BCUT2D eigenvalue weighted by Gasteiger charge is 2.12. The van der Waals surface area contributed by atoms with E-state index < -0.39 is 15.9 Å². The molecule has 0 saturated carbocycles. The van der Waals surface area contributed by atoms with Gasteiger partial charge in [0.1, 0.15) is 6.61 Å². The van der Waals surface area contributed by atoms with Gasteiger partial charge in [-0.3, -0.25) is 14.2 Å². The van der Waals surface area contributed by atoms with Gasteiger partial charge in [0, 0.05) is 13.5 Å². The second-order valence-corrected chi connectivity index (χ2v) is 5.59. The lowest BCUT2D eigenvalue weighted by Gasteiger charge is -2.20. The van der Waals surface area contributed by atoms with Crippen molar-refractivity contribution in [2.75, 3.05) is 12.3 Å². The molecule has 0 atom stereocenters. The van der Waals surface area contributed by atoms with E-state index in [0.29, 0.717) is 0 Å². The van der Waals surface area contributed by atoms with E-state index in [4.69, 9.17) is 9.39 Å². The van der Waals surface area contributed by atoms with E-state index in [9.17, 15) is 13.2 Å². The van der Waals surface area contributed by atoms with Gasteiger partial charge in [-0.25, -0.2) is 5.06 Å². The molecule has 6 nitrogen and oxygen atoms in total. The summed E-state index contributed by atoms with van der Waals surface area (Å²) >= 11 is 0. The average Bonchev–Trinajstić information content (AvgIpc) is 2.33. The molecule has 0 radical (unpaired) electrons. The third-order valence-corrected chi connectivity index (χ3v) is 3.15. The van der Waals surface area contributed by atoms with Crippen LogP contribution in [0.2, 0.25) is 0 Å². The van der Waals surface area contributed by atoms with Crippen molar-refractivity contribution in [3.8, 4) is 0 Å². The van der Waals surface area contributed by atoms with Gasteiger partial charge in [0.25, 0.3) is 10.1 Å². The van der Waals surface area contributed by atoms with Gasteiger partial charge in [-0.1, -0.05) is 30.3 Å². The average molecular weight is 287 g/mol. The highest BCUT2D eigenvalue weighted by Crippen LogP contribution is 2.04. The van der Waals surface area contributed by atoms with Crippen molar-refractivity contribution in [1.82, 2.24) is 5.06 Å². The minimum Gasteiger partial charge on any atom is -0.286 e. The van der Waals surface area contributed by atoms with Crippen LogP contribution in [0.4, 0.5) is 0 Å². The lowest BCUT2D eigenvalue weighted by molar-refractivity contribution is -0.189. The first-order valence-electron chi connectivity index (χ1n) is 5.78. The van der Waals surface area contributed by atoms with Gasteiger partial charge < -0.3 is 0 Å². The number of benzene rings is 1. The Morgan fingerprint density at radius 3 is 2.47 bits per heavy atom. The van der Waals surface area contributed by atoms with Gasteiger partial charge >= 0.3 is 0 Å². The summed E-state index contributed by atoms with van der Waals surface area (Å²) in [5.74, 6) is -0.711. The molecule has 1 aromatic carbocycles. The standard InChI is InChI=1S/C12H17NO5S/c1-11(14)13(8-5-9-19(15,16)17)18-10-12-6-3-2-4-7-12/h2-4,6-7H,5,8-10H2,1H3,(H,15,16,17). The third-order valence-electron chi connectivity index (χ3n) is 2.34. The van der Waals surface area contributed by atoms with E-state index >= 15 is 0 Å². The van der Waals surface area contributed by atoms with E-state index in [-0.39, 0.29) is 25.5 Å². The summed E-state index contributed by atoms with van der Waals surface area (Å²) in [5, 5.41) is 1.10. The molecule has 1 N–H and O–H groups in total. The molecular weight excluding hydrogens is 270 g/mol. The molecular formula is C12H17NO5S. The molecule has 1 rings (SSSR count). The van der Waals surface area contributed by atoms with Gasteiger partial charge in [-0.15, -0.1) is 0 Å². The van der Waals surface area contributed by atoms with Crippen molar-refractivity contribution in [3.05, 3.63) is 35.9 Å². The fourth-order valence-electron chi connectivity index (χ4n) is 1.43. The smallest absolute Gasteiger partial charge is 0.264 e. The van der Waals surface area contributed by atoms with Crippen LogP contribution in [0.3, 0.4) is 0 Å². The third kappa shape index (κ3) is 6.90. The van der Waals surface area contributed by atoms with Crippen molar-refractivity contribution in [2.24, 2.45) is 0 Å². The zero-order chi connectivity index (χ0) is 14.3. The monoisotopic (exact) mass is 287 g/mol. The van der Waals surface area contributed by atoms with Crippen LogP contribution in [0.15, 0.2) is 30.3 Å². The second kappa shape index (κ2) is 7.22. The number of rotatable bonds is 7. The molecule has 0 aliphatic heterocycles. The molecule has 1 amide bonds. The molecule has 19 heavy (non-hydrogen) atoms. The summed E-state index contributed by atoms with van der Waals surface area (Å²) < 4.78 is 29.8. The zero-order valence-corrected chi connectivity index (χ0v) is 11.5. The van der Waals surface area contributed by atoms with Gasteiger partial charge in [0.2, 0.25) is 5.91 Å². The minimum atomic E-state index is -4.01. The molecule has 0 fully saturated rings. The SMILES string of the molecule is CC(=O)N(CCCS(=O)(=O)O)OCc1ccccc1. The summed E-state index contributed by atoms with van der Waals surface area (Å²) in [6, 6.07) is 9.30. The first-order valence-corrected chi connectivity index (χ1v) is 7.39. The maximum atomic E-state index is 11.3. The zero-order valence-electron chi connectivity index (χ0n) is 10.7. The van der Waals surface area contributed by atoms with E-state index in [1.807, 2.05) is 30.3 Å². The number of hydrogen-bond donors (Lipinski definition) is 1. The van der Waals surface area contributed by atoms with Crippen molar-refractivity contribution >= 4 is 16.0 Å². The van der Waals surface area contributed by atoms with Crippen molar-refractivity contribution < 1.29 is 22.6 Å². The minimum absolute atomic E-state index is 0.113. The summed E-state index contributed by atoms with van der Waals surface area (Å²) in [6.45, 7) is 1.67. The number of carbonyl (C=O) groups excluding carboxylic acids is 1. The Kier molecular flexibility index (Phi) is 5.94. The molecule has 1 aromatic rings. The Hall–Kier alpha value is -1.44. The Bertz CT molecular complexity index is 500. The summed E-state index contributed by atoms with van der Waals surface area (Å²) in [4.78, 5) is 16.6. The first kappa shape index (κ1) is 15.6. The van der Waals surface area contributed by atoms with Gasteiger partial charge in [0.05, 0.1) is 5.75 Å². The van der Waals surface area contributed by atoms with Crippen molar-refractivity contribution in [2.45, 2.75) is 20.0 Å². The summed E-state index contributed by atoms with van der Waals surface area (Å²) in [6.07, 6.45) is 0.118. The topological polar surface area (TPSA) is 83.9 Å². The summed E-state index contributed by atoms with van der Waals surface area (Å²) in [7, 11) is -4.01. The van der Waals surface area contributed by atoms with Crippen LogP contribution in [-0.4, -0.2) is 36.2 Å². The maximum absolute atomic E-state index is 11.3. The van der Waals surface area contributed by atoms with Crippen LogP contribution in [0.1, 0.15) is 18.9 Å². The second-order valence-electron chi connectivity index (χ2n) is 4.02. The predicted octanol–water partition coefficient (Wildman–Crippen LogP) is 1.24. The molecule has 0 heterocycles. The van der Waals surface area contributed by atoms with Crippen molar-refractivity contribution in [1.29, 1.82) is 0 Å². The highest BCUT2D eigenvalue weighted by molar-refractivity contribution is 7.85. The Morgan fingerprint density at radius 2 is 1.95 bits per heavy atom. The van der Waals surface area contributed by atoms with Crippen LogP contribution in [0.5, 0.6) is 0 Å². The van der Waals surface area contributed by atoms with E-state index in [0.717, 1.165) is 10.6 Å². The molecule has 0 bridgehead atoms. The van der Waals surface area contributed by atoms with E-state index in [2.05, 4.69) is 0 Å². The van der Waals surface area contributed by atoms with E-state index in [1.165, 1.54) is 6.92 Å². The number of nitrogens with zero attached hydrogens (tertiary/aromatic N) is 1. The first-order chi connectivity index (χ1) is 8.88. The number of hydroxylamine groups is 2. The molecule has 0 saturated heterocycles. The largest absolute Gasteiger partial charge is 0.286 e. The molecule has 0 aliphatic rings. The summed E-state index contributed by atoms with van der Waals surface area (Å²) in [5.41, 5.74) is 0.906.